The molecule has 1 heterocycles. The van der Waals surface area contributed by atoms with Crippen molar-refractivity contribution in [2.75, 3.05) is 19.3 Å². The Bertz CT molecular complexity index is 770. The summed E-state index contributed by atoms with van der Waals surface area (Å²) in [4.78, 5) is 29.8. The maximum Gasteiger partial charge on any atom is 0.239 e. The lowest BCUT2D eigenvalue weighted by molar-refractivity contribution is -0.132. The van der Waals surface area contributed by atoms with Crippen molar-refractivity contribution in [2.24, 2.45) is 0 Å². The summed E-state index contributed by atoms with van der Waals surface area (Å²) in [6, 6.07) is 8.45. The maximum absolute atomic E-state index is 12.2. The molecule has 1 aliphatic rings. The molecule has 1 saturated carbocycles. The number of likely N-dealkylation sites (N-methyl/N-ethyl adjacent to an activating group) is 1. The molecule has 3 rings (SSSR count). The highest BCUT2D eigenvalue weighted by atomic mass is 32.2. The van der Waals surface area contributed by atoms with Crippen molar-refractivity contribution in [1.82, 2.24) is 25.4 Å². The van der Waals surface area contributed by atoms with E-state index in [1.54, 1.807) is 7.05 Å². The topological polar surface area (TPSA) is 91.0 Å². The van der Waals surface area contributed by atoms with Crippen LogP contribution in [0.3, 0.4) is 0 Å². The summed E-state index contributed by atoms with van der Waals surface area (Å²) in [5.74, 6) is 0.641. The number of rotatable bonds is 8. The number of amides is 2. The first-order valence-corrected chi connectivity index (χ1v) is 9.71. The second kappa shape index (κ2) is 8.35. The third kappa shape index (κ3) is 5.08. The van der Waals surface area contributed by atoms with Gasteiger partial charge < -0.3 is 10.2 Å². The summed E-state index contributed by atoms with van der Waals surface area (Å²) in [6.45, 7) is 2.20. The molecule has 138 valence electrons. The van der Waals surface area contributed by atoms with E-state index in [0.717, 1.165) is 24.8 Å². The van der Waals surface area contributed by atoms with Crippen LogP contribution in [0.25, 0.3) is 11.4 Å². The number of nitrogens with zero attached hydrogens (tertiary/aromatic N) is 3. The molecule has 8 heteroatoms. The van der Waals surface area contributed by atoms with E-state index in [4.69, 9.17) is 0 Å². The number of thioether (sulfide) groups is 1. The lowest BCUT2D eigenvalue weighted by Crippen LogP contribution is -2.39. The SMILES string of the molecule is CCc1ccc(-c2nc(SCC(=O)N(C)CC(=O)NC3CC3)n[nH]2)cc1. The van der Waals surface area contributed by atoms with Crippen LogP contribution in [-0.2, 0) is 16.0 Å². The Balaban J connectivity index is 1.48. The Morgan fingerprint density at radius 1 is 1.31 bits per heavy atom. The highest BCUT2D eigenvalue weighted by molar-refractivity contribution is 7.99. The Morgan fingerprint density at radius 3 is 2.69 bits per heavy atom. The molecule has 1 aromatic carbocycles. The van der Waals surface area contributed by atoms with Crippen molar-refractivity contribution in [1.29, 1.82) is 0 Å². The average Bonchev–Trinajstić information content (AvgIpc) is 3.33. The fourth-order valence-corrected chi connectivity index (χ4v) is 3.12. The minimum Gasteiger partial charge on any atom is -0.352 e. The summed E-state index contributed by atoms with van der Waals surface area (Å²) < 4.78 is 0. The fraction of sp³-hybridized carbons (Fsp3) is 0.444. The molecular weight excluding hydrogens is 350 g/mol. The summed E-state index contributed by atoms with van der Waals surface area (Å²) >= 11 is 1.26. The monoisotopic (exact) mass is 373 g/mol. The van der Waals surface area contributed by atoms with Crippen molar-refractivity contribution >= 4 is 23.6 Å². The highest BCUT2D eigenvalue weighted by Gasteiger charge is 2.24. The van der Waals surface area contributed by atoms with Crippen LogP contribution in [0, 0.1) is 0 Å². The van der Waals surface area contributed by atoms with Crippen LogP contribution in [-0.4, -0.2) is 57.3 Å². The van der Waals surface area contributed by atoms with Crippen molar-refractivity contribution in [3.05, 3.63) is 29.8 Å². The third-order valence-corrected chi connectivity index (χ3v) is 5.01. The van der Waals surface area contributed by atoms with Crippen LogP contribution >= 0.6 is 11.8 Å². The second-order valence-electron chi connectivity index (χ2n) is 6.40. The zero-order valence-corrected chi connectivity index (χ0v) is 15.8. The minimum absolute atomic E-state index is 0.0823. The number of benzene rings is 1. The van der Waals surface area contributed by atoms with Gasteiger partial charge in [0.25, 0.3) is 0 Å². The zero-order chi connectivity index (χ0) is 18.5. The van der Waals surface area contributed by atoms with Crippen LogP contribution in [0.4, 0.5) is 0 Å². The van der Waals surface area contributed by atoms with Crippen LogP contribution in [0.15, 0.2) is 29.4 Å². The molecule has 0 saturated heterocycles. The lowest BCUT2D eigenvalue weighted by Gasteiger charge is -2.16. The predicted octanol–water partition coefficient (Wildman–Crippen LogP) is 1.86. The van der Waals surface area contributed by atoms with Crippen molar-refractivity contribution in [3.63, 3.8) is 0 Å². The van der Waals surface area contributed by atoms with Gasteiger partial charge in [-0.1, -0.05) is 43.0 Å². The van der Waals surface area contributed by atoms with Crippen molar-refractivity contribution in [2.45, 2.75) is 37.4 Å². The van der Waals surface area contributed by atoms with Gasteiger partial charge in [0.15, 0.2) is 5.82 Å². The first-order chi connectivity index (χ1) is 12.5. The number of carbonyl (C=O) groups excluding carboxylic acids is 2. The number of aromatic amines is 1. The van der Waals surface area contributed by atoms with Crippen LogP contribution in [0.5, 0.6) is 0 Å². The fourth-order valence-electron chi connectivity index (χ4n) is 2.38. The number of aromatic nitrogens is 3. The first kappa shape index (κ1) is 18.4. The summed E-state index contributed by atoms with van der Waals surface area (Å²) in [5, 5.41) is 10.4. The van der Waals surface area contributed by atoms with Gasteiger partial charge in [-0.15, -0.1) is 5.10 Å². The molecule has 1 fully saturated rings. The molecule has 2 amide bonds. The smallest absolute Gasteiger partial charge is 0.239 e. The summed E-state index contributed by atoms with van der Waals surface area (Å²) in [7, 11) is 1.63. The maximum atomic E-state index is 12.2. The number of aryl methyl sites for hydroxylation is 1. The Hall–Kier alpha value is -2.35. The van der Waals surface area contributed by atoms with Gasteiger partial charge in [-0.05, 0) is 24.8 Å². The van der Waals surface area contributed by atoms with E-state index in [9.17, 15) is 9.59 Å². The number of H-pyrrole nitrogens is 1. The van der Waals surface area contributed by atoms with Gasteiger partial charge in [-0.25, -0.2) is 4.98 Å². The Kier molecular flexibility index (Phi) is 5.92. The number of nitrogens with one attached hydrogen (secondary N) is 2. The molecule has 2 aromatic rings. The molecule has 0 unspecified atom stereocenters. The van der Waals surface area contributed by atoms with Gasteiger partial charge in [0.2, 0.25) is 17.0 Å². The van der Waals surface area contributed by atoms with E-state index in [2.05, 4.69) is 39.6 Å². The minimum atomic E-state index is -0.125. The van der Waals surface area contributed by atoms with Gasteiger partial charge in [0, 0.05) is 18.7 Å². The molecule has 0 aliphatic heterocycles. The largest absolute Gasteiger partial charge is 0.352 e. The number of carbonyl (C=O) groups is 2. The second-order valence-corrected chi connectivity index (χ2v) is 7.34. The van der Waals surface area contributed by atoms with E-state index < -0.39 is 0 Å². The molecule has 1 aromatic heterocycles. The quantitative estimate of drug-likeness (QED) is 0.689. The molecule has 0 atom stereocenters. The van der Waals surface area contributed by atoms with Crippen molar-refractivity contribution in [3.8, 4) is 11.4 Å². The third-order valence-electron chi connectivity index (χ3n) is 4.17. The van der Waals surface area contributed by atoms with Gasteiger partial charge in [0.1, 0.15) is 0 Å². The van der Waals surface area contributed by atoms with Gasteiger partial charge in [-0.3, -0.25) is 14.7 Å². The Labute approximate surface area is 157 Å². The van der Waals surface area contributed by atoms with Gasteiger partial charge in [0.05, 0.1) is 12.3 Å². The van der Waals surface area contributed by atoms with Crippen LogP contribution in [0.2, 0.25) is 0 Å². The Morgan fingerprint density at radius 2 is 2.04 bits per heavy atom. The van der Waals surface area contributed by atoms with Gasteiger partial charge >= 0.3 is 0 Å². The molecular formula is C18H23N5O2S. The highest BCUT2D eigenvalue weighted by Crippen LogP contribution is 2.20. The predicted molar refractivity (Wildman–Crippen MR) is 101 cm³/mol. The molecule has 26 heavy (non-hydrogen) atoms. The van der Waals surface area contributed by atoms with Crippen molar-refractivity contribution < 1.29 is 9.59 Å². The zero-order valence-electron chi connectivity index (χ0n) is 15.0. The molecule has 0 spiro atoms. The molecule has 7 nitrogen and oxygen atoms in total. The van der Waals surface area contributed by atoms with Gasteiger partial charge in [-0.2, -0.15) is 0 Å². The van der Waals surface area contributed by atoms with E-state index in [1.807, 2.05) is 12.1 Å². The number of hydrogen-bond acceptors (Lipinski definition) is 5. The lowest BCUT2D eigenvalue weighted by atomic mass is 10.1. The molecule has 2 N–H and O–H groups in total. The number of hydrogen-bond donors (Lipinski definition) is 2. The standard InChI is InChI=1S/C18H23N5O2S/c1-3-12-4-6-13(7-5-12)17-20-18(22-21-17)26-11-16(25)23(2)10-15(24)19-14-8-9-14/h4-7,14H,3,8-11H2,1-2H3,(H,19,24)(H,20,21,22). The van der Waals surface area contributed by atoms with E-state index >= 15 is 0 Å². The summed E-state index contributed by atoms with van der Waals surface area (Å²) in [6.07, 6.45) is 3.06. The molecule has 0 radical (unpaired) electrons. The van der Waals surface area contributed by atoms with E-state index in [0.29, 0.717) is 17.0 Å². The average molecular weight is 373 g/mol. The normalized spacial score (nSPS) is 13.5. The molecule has 1 aliphatic carbocycles. The van der Waals surface area contributed by atoms with Crippen LogP contribution < -0.4 is 5.32 Å². The van der Waals surface area contributed by atoms with E-state index in [1.165, 1.54) is 22.2 Å². The van der Waals surface area contributed by atoms with Crippen LogP contribution in [0.1, 0.15) is 25.3 Å². The van der Waals surface area contributed by atoms with E-state index in [-0.39, 0.29) is 24.1 Å². The first-order valence-electron chi connectivity index (χ1n) is 8.73. The summed E-state index contributed by atoms with van der Waals surface area (Å²) in [5.41, 5.74) is 2.23. The molecule has 0 bridgehead atoms.